The molecule has 1 aromatic heterocycles. The summed E-state index contributed by atoms with van der Waals surface area (Å²) in [7, 11) is 0. The summed E-state index contributed by atoms with van der Waals surface area (Å²) >= 11 is 0. The minimum Gasteiger partial charge on any atom is -0.493 e. The Hall–Kier alpha value is -2.43. The third kappa shape index (κ3) is 2.63. The maximum Gasteiger partial charge on any atom is 0.227 e. The van der Waals surface area contributed by atoms with E-state index >= 15 is 0 Å². The molecule has 1 spiro atoms. The lowest BCUT2D eigenvalue weighted by Crippen LogP contribution is -2.35. The summed E-state index contributed by atoms with van der Waals surface area (Å²) in [6.07, 6.45) is 3.52. The van der Waals surface area contributed by atoms with Gasteiger partial charge in [-0.15, -0.1) is 0 Å². The van der Waals surface area contributed by atoms with E-state index in [1.165, 1.54) is 6.07 Å². The fraction of sp³-hybridized carbons (Fsp3) is 0.455. The molecular weight excluding hydrogens is 343 g/mol. The average molecular weight is 366 g/mol. The van der Waals surface area contributed by atoms with Gasteiger partial charge in [0.1, 0.15) is 11.6 Å². The number of benzene rings is 1. The molecule has 0 N–H and O–H groups in total. The number of carbonyl (C=O) groups is 1. The largest absolute Gasteiger partial charge is 0.493 e. The summed E-state index contributed by atoms with van der Waals surface area (Å²) in [4.78, 5) is 20.1. The van der Waals surface area contributed by atoms with Crippen LogP contribution in [0.5, 0.6) is 5.75 Å². The predicted molar refractivity (Wildman–Crippen MR) is 99.0 cm³/mol. The van der Waals surface area contributed by atoms with Crippen molar-refractivity contribution < 1.29 is 13.9 Å². The van der Waals surface area contributed by atoms with Gasteiger partial charge in [-0.2, -0.15) is 0 Å². The smallest absolute Gasteiger partial charge is 0.227 e. The highest BCUT2D eigenvalue weighted by Crippen LogP contribution is 2.61. The van der Waals surface area contributed by atoms with Crippen LogP contribution in [0.1, 0.15) is 48.7 Å². The first kappa shape index (κ1) is 16.7. The molecule has 1 amide bonds. The molecule has 2 fully saturated rings. The minimum atomic E-state index is -0.264. The van der Waals surface area contributed by atoms with Crippen LogP contribution in [0.2, 0.25) is 0 Å². The maximum absolute atomic E-state index is 13.9. The zero-order valence-electron chi connectivity index (χ0n) is 15.5. The summed E-state index contributed by atoms with van der Waals surface area (Å²) in [5.74, 6) is 0.585. The van der Waals surface area contributed by atoms with E-state index < -0.39 is 0 Å². The van der Waals surface area contributed by atoms with Gasteiger partial charge < -0.3 is 9.64 Å². The Bertz CT molecular complexity index is 915. The molecule has 4 nitrogen and oxygen atoms in total. The van der Waals surface area contributed by atoms with Crippen molar-refractivity contribution in [3.8, 4) is 5.75 Å². The second-order valence-corrected chi connectivity index (χ2v) is 8.05. The van der Waals surface area contributed by atoms with Crippen LogP contribution in [0, 0.1) is 18.7 Å². The van der Waals surface area contributed by atoms with Gasteiger partial charge in [0.2, 0.25) is 5.91 Å². The van der Waals surface area contributed by atoms with Gasteiger partial charge in [-0.25, -0.2) is 4.39 Å². The van der Waals surface area contributed by atoms with Crippen LogP contribution in [0.25, 0.3) is 0 Å². The van der Waals surface area contributed by atoms with Crippen molar-refractivity contribution in [1.82, 2.24) is 9.88 Å². The van der Waals surface area contributed by atoms with Crippen LogP contribution in [0.4, 0.5) is 4.39 Å². The van der Waals surface area contributed by atoms with Gasteiger partial charge >= 0.3 is 0 Å². The number of amides is 1. The fourth-order valence-corrected chi connectivity index (χ4v) is 4.99. The van der Waals surface area contributed by atoms with Crippen molar-refractivity contribution >= 4 is 5.91 Å². The van der Waals surface area contributed by atoms with Crippen molar-refractivity contribution in [3.63, 3.8) is 0 Å². The lowest BCUT2D eigenvalue weighted by molar-refractivity contribution is -0.134. The molecule has 3 aliphatic rings. The fourth-order valence-electron chi connectivity index (χ4n) is 4.99. The molecule has 0 radical (unpaired) electrons. The summed E-state index contributed by atoms with van der Waals surface area (Å²) < 4.78 is 19.6. The SMILES string of the molecule is Cc1cccc([C@@H]2CCCN2C(=O)[C@H]2C[C@@]23CCOc2ccc(F)cc23)n1. The molecule has 0 unspecified atom stereocenters. The third-order valence-electron chi connectivity index (χ3n) is 6.44. The number of hydrogen-bond donors (Lipinski definition) is 0. The molecular formula is C22H23FN2O2. The van der Waals surface area contributed by atoms with E-state index in [4.69, 9.17) is 4.74 Å². The number of pyridine rings is 1. The number of carbonyl (C=O) groups excluding carboxylic acids is 1. The van der Waals surface area contributed by atoms with Gasteiger partial charge in [0.05, 0.1) is 18.3 Å². The lowest BCUT2D eigenvalue weighted by atomic mass is 9.87. The molecule has 1 saturated heterocycles. The lowest BCUT2D eigenvalue weighted by Gasteiger charge is -2.29. The average Bonchev–Trinajstić information content (AvgIpc) is 3.16. The number of aromatic nitrogens is 1. The molecule has 3 heterocycles. The molecule has 2 aliphatic heterocycles. The van der Waals surface area contributed by atoms with Crippen LogP contribution >= 0.6 is 0 Å². The van der Waals surface area contributed by atoms with E-state index in [9.17, 15) is 9.18 Å². The third-order valence-corrected chi connectivity index (χ3v) is 6.44. The van der Waals surface area contributed by atoms with E-state index in [2.05, 4.69) is 4.98 Å². The summed E-state index contributed by atoms with van der Waals surface area (Å²) in [6.45, 7) is 3.34. The molecule has 5 heteroatoms. The molecule has 3 atom stereocenters. The van der Waals surface area contributed by atoms with Crippen LogP contribution in [-0.4, -0.2) is 28.9 Å². The quantitative estimate of drug-likeness (QED) is 0.809. The van der Waals surface area contributed by atoms with Gasteiger partial charge in [-0.05, 0) is 62.9 Å². The van der Waals surface area contributed by atoms with Gasteiger partial charge in [-0.3, -0.25) is 9.78 Å². The Morgan fingerprint density at radius 1 is 1.33 bits per heavy atom. The highest BCUT2D eigenvalue weighted by Gasteiger charge is 2.62. The van der Waals surface area contributed by atoms with Crippen LogP contribution in [0.3, 0.4) is 0 Å². The zero-order chi connectivity index (χ0) is 18.6. The number of nitrogens with zero attached hydrogens (tertiary/aromatic N) is 2. The number of likely N-dealkylation sites (tertiary alicyclic amines) is 1. The Morgan fingerprint density at radius 2 is 2.22 bits per heavy atom. The Morgan fingerprint density at radius 3 is 3.07 bits per heavy atom. The molecule has 5 rings (SSSR count). The van der Waals surface area contributed by atoms with Crippen LogP contribution in [-0.2, 0) is 10.2 Å². The number of ether oxygens (including phenoxy) is 1. The summed E-state index contributed by atoms with van der Waals surface area (Å²) in [5, 5.41) is 0. The molecule has 1 aliphatic carbocycles. The molecule has 1 saturated carbocycles. The van der Waals surface area contributed by atoms with Gasteiger partial charge in [0.25, 0.3) is 0 Å². The normalized spacial score (nSPS) is 28.7. The van der Waals surface area contributed by atoms with Crippen LogP contribution < -0.4 is 4.74 Å². The maximum atomic E-state index is 13.9. The van der Waals surface area contributed by atoms with Crippen molar-refractivity contribution in [3.05, 3.63) is 59.2 Å². The molecule has 140 valence electrons. The Kier molecular flexibility index (Phi) is 3.74. The number of fused-ring (bicyclic) bond motifs is 2. The first-order valence-corrected chi connectivity index (χ1v) is 9.75. The predicted octanol–water partition coefficient (Wildman–Crippen LogP) is 3.93. The van der Waals surface area contributed by atoms with Crippen molar-refractivity contribution in [1.29, 1.82) is 0 Å². The molecule has 1 aromatic carbocycles. The Balaban J connectivity index is 1.43. The topological polar surface area (TPSA) is 42.4 Å². The monoisotopic (exact) mass is 366 g/mol. The number of halogens is 1. The van der Waals surface area contributed by atoms with E-state index in [0.717, 1.165) is 54.9 Å². The molecule has 0 bridgehead atoms. The number of rotatable bonds is 2. The highest BCUT2D eigenvalue weighted by atomic mass is 19.1. The van der Waals surface area contributed by atoms with Crippen molar-refractivity contribution in [2.45, 2.75) is 44.1 Å². The second kappa shape index (κ2) is 6.04. The summed E-state index contributed by atoms with van der Waals surface area (Å²) in [6, 6.07) is 10.7. The van der Waals surface area contributed by atoms with Gasteiger partial charge in [0, 0.05) is 29.1 Å². The van der Waals surface area contributed by atoms with E-state index in [1.54, 1.807) is 12.1 Å². The van der Waals surface area contributed by atoms with Crippen molar-refractivity contribution in [2.75, 3.05) is 13.2 Å². The van der Waals surface area contributed by atoms with Crippen LogP contribution in [0.15, 0.2) is 36.4 Å². The first-order chi connectivity index (χ1) is 13.1. The minimum absolute atomic E-state index is 0.0573. The number of hydrogen-bond acceptors (Lipinski definition) is 3. The first-order valence-electron chi connectivity index (χ1n) is 9.75. The zero-order valence-corrected chi connectivity index (χ0v) is 15.5. The van der Waals surface area contributed by atoms with Crippen molar-refractivity contribution in [2.24, 2.45) is 5.92 Å². The summed E-state index contributed by atoms with van der Waals surface area (Å²) in [5.41, 5.74) is 2.58. The standard InChI is InChI=1S/C22H23FN2O2/c1-14-4-2-5-18(24-14)19-6-3-10-25(19)21(26)17-13-22(17)9-11-27-20-8-7-15(23)12-16(20)22/h2,4-5,7-8,12,17,19H,3,6,9-11,13H2,1H3/t17-,19+,22-/m1/s1. The van der Waals surface area contributed by atoms with Gasteiger partial charge in [-0.1, -0.05) is 6.07 Å². The second-order valence-electron chi connectivity index (χ2n) is 8.05. The van der Waals surface area contributed by atoms with E-state index in [1.807, 2.05) is 30.0 Å². The van der Waals surface area contributed by atoms with E-state index in [-0.39, 0.29) is 29.1 Å². The molecule has 2 aromatic rings. The molecule has 27 heavy (non-hydrogen) atoms. The highest BCUT2D eigenvalue weighted by molar-refractivity contribution is 5.85. The van der Waals surface area contributed by atoms with E-state index in [0.29, 0.717) is 6.61 Å². The number of aryl methyl sites for hydroxylation is 1. The Labute approximate surface area is 158 Å². The van der Waals surface area contributed by atoms with Gasteiger partial charge in [0.15, 0.2) is 0 Å².